The van der Waals surface area contributed by atoms with Crippen LogP contribution in [0.2, 0.25) is 0 Å². The van der Waals surface area contributed by atoms with E-state index in [4.69, 9.17) is 5.73 Å². The van der Waals surface area contributed by atoms with Gasteiger partial charge in [0, 0.05) is 11.6 Å². The molecule has 1 saturated carbocycles. The lowest BCUT2D eigenvalue weighted by atomic mass is 9.72. The zero-order chi connectivity index (χ0) is 14.1. The number of nitrogens with one attached hydrogen (secondary N) is 1. The molecule has 0 aromatic heterocycles. The molecule has 0 aromatic carbocycles. The number of aliphatic imine (C=N–C) groups is 1. The zero-order valence-corrected chi connectivity index (χ0v) is 12.7. The van der Waals surface area contributed by atoms with Crippen molar-refractivity contribution < 1.29 is 0 Å². The van der Waals surface area contributed by atoms with Crippen LogP contribution in [-0.4, -0.2) is 12.0 Å². The van der Waals surface area contributed by atoms with E-state index in [9.17, 15) is 0 Å². The van der Waals surface area contributed by atoms with Gasteiger partial charge < -0.3 is 11.1 Å². The van der Waals surface area contributed by atoms with Gasteiger partial charge in [-0.15, -0.1) is 0 Å². The van der Waals surface area contributed by atoms with Crippen LogP contribution >= 0.6 is 0 Å². The van der Waals surface area contributed by atoms with Crippen LogP contribution in [0.1, 0.15) is 52.4 Å². The number of guanidine groups is 1. The summed E-state index contributed by atoms with van der Waals surface area (Å²) < 4.78 is 0. The minimum atomic E-state index is 0.380. The second-order valence-corrected chi connectivity index (χ2v) is 6.61. The van der Waals surface area contributed by atoms with Crippen molar-refractivity contribution in [1.29, 1.82) is 0 Å². The van der Waals surface area contributed by atoms with Crippen LogP contribution in [0.15, 0.2) is 28.4 Å². The molecule has 0 bridgehead atoms. The van der Waals surface area contributed by atoms with Gasteiger partial charge >= 0.3 is 0 Å². The zero-order valence-electron chi connectivity index (χ0n) is 12.7. The fourth-order valence-corrected chi connectivity index (χ4v) is 4.21. The van der Waals surface area contributed by atoms with Crippen molar-refractivity contribution in [2.24, 2.45) is 28.5 Å². The molecule has 3 nitrogen and oxygen atoms in total. The maximum absolute atomic E-state index is 6.00. The monoisotopic (exact) mass is 273 g/mol. The molecule has 3 N–H and O–H groups in total. The first-order chi connectivity index (χ1) is 9.70. The van der Waals surface area contributed by atoms with Crippen LogP contribution in [-0.2, 0) is 0 Å². The Morgan fingerprint density at radius 2 is 2.20 bits per heavy atom. The number of hydrogen-bond acceptors (Lipinski definition) is 3. The highest BCUT2D eigenvalue weighted by molar-refractivity contribution is 5.82. The van der Waals surface area contributed by atoms with Crippen molar-refractivity contribution in [3.05, 3.63) is 23.4 Å². The van der Waals surface area contributed by atoms with E-state index in [1.807, 2.05) is 0 Å². The lowest BCUT2D eigenvalue weighted by Gasteiger charge is -2.38. The molecule has 1 heterocycles. The third-order valence-corrected chi connectivity index (χ3v) is 5.18. The summed E-state index contributed by atoms with van der Waals surface area (Å²) in [4.78, 5) is 4.60. The van der Waals surface area contributed by atoms with Gasteiger partial charge in [0.2, 0.25) is 0 Å². The van der Waals surface area contributed by atoms with E-state index < -0.39 is 0 Å². The van der Waals surface area contributed by atoms with Gasteiger partial charge in [0.25, 0.3) is 0 Å². The number of rotatable bonds is 4. The van der Waals surface area contributed by atoms with E-state index in [0.717, 1.165) is 18.3 Å². The molecule has 3 heteroatoms. The van der Waals surface area contributed by atoms with Crippen molar-refractivity contribution >= 4 is 5.96 Å². The first-order valence-electron chi connectivity index (χ1n) is 8.20. The predicted molar refractivity (Wildman–Crippen MR) is 84.2 cm³/mol. The third-order valence-electron chi connectivity index (χ3n) is 5.18. The molecule has 0 unspecified atom stereocenters. The Balaban J connectivity index is 1.82. The van der Waals surface area contributed by atoms with Crippen molar-refractivity contribution in [1.82, 2.24) is 5.32 Å². The van der Waals surface area contributed by atoms with Gasteiger partial charge in [-0.3, -0.25) is 0 Å². The Kier molecular flexibility index (Phi) is 3.86. The van der Waals surface area contributed by atoms with Gasteiger partial charge in [-0.2, -0.15) is 0 Å². The molecule has 0 saturated heterocycles. The highest BCUT2D eigenvalue weighted by Gasteiger charge is 2.42. The smallest absolute Gasteiger partial charge is 0.193 e. The molecule has 0 spiro atoms. The second-order valence-electron chi connectivity index (χ2n) is 6.61. The van der Waals surface area contributed by atoms with E-state index in [1.54, 1.807) is 5.57 Å². The van der Waals surface area contributed by atoms with Gasteiger partial charge in [0.15, 0.2) is 5.96 Å². The SMILES string of the molecule is CCC/C=C\C[C@H]1C2=C3[C@@H](CC[C@@H]3N=C(N)N2)C[C@H]1C. The van der Waals surface area contributed by atoms with E-state index in [0.29, 0.717) is 17.9 Å². The van der Waals surface area contributed by atoms with E-state index in [-0.39, 0.29) is 0 Å². The standard InChI is InChI=1S/C17H27N3/c1-3-4-5-6-7-13-11(2)10-12-8-9-14-15(12)16(13)20-17(18)19-14/h5-6,11-14H,3-4,7-10H2,1-2H3,(H3,18,19,20)/b6-5-/t11-,12+,13-,14+/m1/s1. The molecule has 0 amide bonds. The first-order valence-corrected chi connectivity index (χ1v) is 8.20. The van der Waals surface area contributed by atoms with Gasteiger partial charge in [-0.05, 0) is 49.5 Å². The van der Waals surface area contributed by atoms with Crippen LogP contribution in [0.5, 0.6) is 0 Å². The summed E-state index contributed by atoms with van der Waals surface area (Å²) in [6, 6.07) is 0.380. The molecule has 2 aliphatic carbocycles. The fourth-order valence-electron chi connectivity index (χ4n) is 4.21. The highest BCUT2D eigenvalue weighted by atomic mass is 15.1. The van der Waals surface area contributed by atoms with Gasteiger partial charge in [-0.25, -0.2) is 4.99 Å². The molecule has 0 radical (unpaired) electrons. The number of nitrogens with two attached hydrogens (primary N) is 1. The Labute approximate surface area is 122 Å². The number of nitrogens with zero attached hydrogens (tertiary/aromatic N) is 1. The van der Waals surface area contributed by atoms with Crippen LogP contribution < -0.4 is 11.1 Å². The maximum Gasteiger partial charge on any atom is 0.193 e. The normalized spacial score (nSPS) is 36.0. The number of allylic oxidation sites excluding steroid dienone is 3. The minimum Gasteiger partial charge on any atom is -0.370 e. The molecule has 20 heavy (non-hydrogen) atoms. The summed E-state index contributed by atoms with van der Waals surface area (Å²) in [5.74, 6) is 2.72. The largest absolute Gasteiger partial charge is 0.370 e. The molecule has 0 aromatic rings. The summed E-state index contributed by atoms with van der Waals surface area (Å²) in [6.07, 6.45) is 12.1. The molecular formula is C17H27N3. The minimum absolute atomic E-state index is 0.380. The average Bonchev–Trinajstić information content (AvgIpc) is 2.80. The van der Waals surface area contributed by atoms with Crippen LogP contribution in [0.3, 0.4) is 0 Å². The summed E-state index contributed by atoms with van der Waals surface area (Å²) >= 11 is 0. The molecule has 3 rings (SSSR count). The average molecular weight is 273 g/mol. The molecule has 4 atom stereocenters. The molecule has 1 aliphatic heterocycles. The van der Waals surface area contributed by atoms with E-state index in [1.165, 1.54) is 37.8 Å². The first kappa shape index (κ1) is 13.7. The van der Waals surface area contributed by atoms with Crippen LogP contribution in [0, 0.1) is 17.8 Å². The number of hydrogen-bond donors (Lipinski definition) is 2. The van der Waals surface area contributed by atoms with Crippen molar-refractivity contribution in [2.45, 2.75) is 58.4 Å². The van der Waals surface area contributed by atoms with Crippen molar-refractivity contribution in [3.63, 3.8) is 0 Å². The number of unbranched alkanes of at least 4 members (excludes halogenated alkanes) is 1. The quantitative estimate of drug-likeness (QED) is 0.772. The van der Waals surface area contributed by atoms with Gasteiger partial charge in [0.1, 0.15) is 0 Å². The van der Waals surface area contributed by atoms with E-state index in [2.05, 4.69) is 36.3 Å². The topological polar surface area (TPSA) is 50.4 Å². The lowest BCUT2D eigenvalue weighted by molar-refractivity contribution is 0.300. The molecule has 3 aliphatic rings. The van der Waals surface area contributed by atoms with E-state index >= 15 is 0 Å². The lowest BCUT2D eigenvalue weighted by Crippen LogP contribution is -2.43. The Bertz CT molecular complexity index is 461. The summed E-state index contributed by atoms with van der Waals surface area (Å²) in [5.41, 5.74) is 9.01. The fraction of sp³-hybridized carbons (Fsp3) is 0.706. The third kappa shape index (κ3) is 2.38. The Morgan fingerprint density at radius 1 is 1.35 bits per heavy atom. The Morgan fingerprint density at radius 3 is 3.00 bits per heavy atom. The Hall–Kier alpha value is -1.25. The van der Waals surface area contributed by atoms with Crippen molar-refractivity contribution in [2.75, 3.05) is 0 Å². The van der Waals surface area contributed by atoms with Crippen LogP contribution in [0.25, 0.3) is 0 Å². The van der Waals surface area contributed by atoms with Crippen LogP contribution in [0.4, 0.5) is 0 Å². The summed E-state index contributed by atoms with van der Waals surface area (Å²) in [7, 11) is 0. The van der Waals surface area contributed by atoms with Gasteiger partial charge in [-0.1, -0.05) is 32.4 Å². The molecule has 110 valence electrons. The van der Waals surface area contributed by atoms with Gasteiger partial charge in [0.05, 0.1) is 6.04 Å². The summed E-state index contributed by atoms with van der Waals surface area (Å²) in [5, 5.41) is 3.41. The van der Waals surface area contributed by atoms with Crippen molar-refractivity contribution in [3.8, 4) is 0 Å². The maximum atomic E-state index is 6.00. The molecule has 1 fully saturated rings. The predicted octanol–water partition coefficient (Wildman–Crippen LogP) is 3.34. The summed E-state index contributed by atoms with van der Waals surface area (Å²) in [6.45, 7) is 4.63. The molecular weight excluding hydrogens is 246 g/mol. The second kappa shape index (κ2) is 5.63. The highest BCUT2D eigenvalue weighted by Crippen LogP contribution is 2.48.